The zero-order chi connectivity index (χ0) is 20.9. The van der Waals surface area contributed by atoms with Crippen molar-refractivity contribution in [2.45, 2.75) is 110 Å². The third-order valence-corrected chi connectivity index (χ3v) is 5.91. The first kappa shape index (κ1) is 27.0. The average Bonchev–Trinajstić information content (AvgIpc) is 2.65. The van der Waals surface area contributed by atoms with E-state index in [2.05, 4.69) is 24.4 Å². The van der Waals surface area contributed by atoms with Gasteiger partial charge in [-0.1, -0.05) is 76.9 Å². The molecule has 1 amide bonds. The van der Waals surface area contributed by atoms with Gasteiger partial charge in [-0.3, -0.25) is 4.79 Å². The van der Waals surface area contributed by atoms with Crippen LogP contribution in [0.2, 0.25) is 0 Å². The Bertz CT molecular complexity index is 413. The number of hydrogen-bond acceptors (Lipinski definition) is 3. The molecule has 0 radical (unpaired) electrons. The summed E-state index contributed by atoms with van der Waals surface area (Å²) in [6, 6.07) is -0.767. The van der Waals surface area contributed by atoms with Crippen molar-refractivity contribution in [3.63, 3.8) is 0 Å². The van der Waals surface area contributed by atoms with Crippen LogP contribution in [0, 0.1) is 0 Å². The lowest BCUT2D eigenvalue weighted by molar-refractivity contribution is -0.140. The number of nitrogens with one attached hydrogen (secondary N) is 1. The van der Waals surface area contributed by atoms with E-state index in [1.165, 1.54) is 90.4 Å². The fourth-order valence-corrected chi connectivity index (χ4v) is 4.11. The van der Waals surface area contributed by atoms with Crippen LogP contribution in [-0.4, -0.2) is 34.5 Å². The van der Waals surface area contributed by atoms with Crippen LogP contribution in [0.1, 0.15) is 104 Å². The third kappa shape index (κ3) is 19.8. The minimum Gasteiger partial charge on any atom is -0.480 e. The molecule has 28 heavy (non-hydrogen) atoms. The Balaban J connectivity index is 3.32. The molecule has 0 unspecified atom stereocenters. The standard InChI is InChI=1S/C23H43NO3S/c1-3-4-5-6-7-8-9-10-11-12-13-14-15-16-17-18-19-28-20-22(23(26)27)24-21(2)25/h10-11,22H,3-9,12-20H2,1-2H3,(H,24,25)(H,26,27)/b11-10-/t22-/m0/s1. The number of thioether (sulfide) groups is 1. The van der Waals surface area contributed by atoms with Gasteiger partial charge < -0.3 is 10.4 Å². The topological polar surface area (TPSA) is 66.4 Å². The SMILES string of the molecule is CCCCCCCC/C=C\CCCCCCCCSC[C@H](NC(C)=O)C(=O)O. The van der Waals surface area contributed by atoms with Gasteiger partial charge in [0.05, 0.1) is 0 Å². The lowest BCUT2D eigenvalue weighted by Gasteiger charge is -2.12. The first-order valence-electron chi connectivity index (χ1n) is 11.3. The zero-order valence-electron chi connectivity index (χ0n) is 18.2. The molecular formula is C23H43NO3S. The Morgan fingerprint density at radius 2 is 1.36 bits per heavy atom. The highest BCUT2D eigenvalue weighted by Crippen LogP contribution is 2.12. The summed E-state index contributed by atoms with van der Waals surface area (Å²) in [5.74, 6) is 0.166. The molecule has 0 aromatic carbocycles. The summed E-state index contributed by atoms with van der Waals surface area (Å²) in [5, 5.41) is 11.5. The number of carbonyl (C=O) groups is 2. The van der Waals surface area contributed by atoms with Gasteiger partial charge in [0, 0.05) is 12.7 Å². The predicted octanol–water partition coefficient (Wildman–Crippen LogP) is 6.35. The second-order valence-corrected chi connectivity index (χ2v) is 8.75. The van der Waals surface area contributed by atoms with Crippen molar-refractivity contribution in [1.29, 1.82) is 0 Å². The van der Waals surface area contributed by atoms with Gasteiger partial charge in [0.1, 0.15) is 6.04 Å². The van der Waals surface area contributed by atoms with Crippen LogP contribution in [0.4, 0.5) is 0 Å². The van der Waals surface area contributed by atoms with E-state index in [9.17, 15) is 9.59 Å². The Kier molecular flexibility index (Phi) is 20.0. The number of allylic oxidation sites excluding steroid dienone is 2. The van der Waals surface area contributed by atoms with Crippen LogP contribution in [0.3, 0.4) is 0 Å². The molecule has 0 bridgehead atoms. The van der Waals surface area contributed by atoms with Gasteiger partial charge in [0.2, 0.25) is 5.91 Å². The molecule has 0 aliphatic carbocycles. The van der Waals surface area contributed by atoms with Gasteiger partial charge in [-0.25, -0.2) is 4.79 Å². The summed E-state index contributed by atoms with van der Waals surface area (Å²) in [4.78, 5) is 22.0. The average molecular weight is 414 g/mol. The summed E-state index contributed by atoms with van der Waals surface area (Å²) in [5.41, 5.74) is 0. The quantitative estimate of drug-likeness (QED) is 0.180. The Morgan fingerprint density at radius 1 is 0.857 bits per heavy atom. The van der Waals surface area contributed by atoms with Crippen LogP contribution in [0.5, 0.6) is 0 Å². The summed E-state index contributed by atoms with van der Waals surface area (Å²) in [7, 11) is 0. The van der Waals surface area contributed by atoms with Gasteiger partial charge in [0.25, 0.3) is 0 Å². The molecule has 0 spiro atoms. The highest BCUT2D eigenvalue weighted by atomic mass is 32.2. The van der Waals surface area contributed by atoms with Crippen molar-refractivity contribution in [2.75, 3.05) is 11.5 Å². The van der Waals surface area contributed by atoms with Crippen molar-refractivity contribution in [3.8, 4) is 0 Å². The molecule has 0 rings (SSSR count). The maximum atomic E-state index is 11.0. The monoisotopic (exact) mass is 413 g/mol. The molecule has 0 aliphatic heterocycles. The number of amides is 1. The van der Waals surface area contributed by atoms with E-state index in [0.29, 0.717) is 5.75 Å². The molecule has 0 aromatic rings. The Morgan fingerprint density at radius 3 is 1.86 bits per heavy atom. The Labute approximate surface area is 177 Å². The maximum absolute atomic E-state index is 11.0. The number of rotatable bonds is 20. The summed E-state index contributed by atoms with van der Waals surface area (Å²) < 4.78 is 0. The number of aliphatic carboxylic acids is 1. The third-order valence-electron chi connectivity index (χ3n) is 4.76. The molecule has 5 heteroatoms. The maximum Gasteiger partial charge on any atom is 0.327 e. The van der Waals surface area contributed by atoms with Crippen LogP contribution < -0.4 is 5.32 Å². The van der Waals surface area contributed by atoms with E-state index in [-0.39, 0.29) is 5.91 Å². The minimum absolute atomic E-state index is 0.287. The zero-order valence-corrected chi connectivity index (χ0v) is 19.0. The second-order valence-electron chi connectivity index (χ2n) is 7.60. The lowest BCUT2D eigenvalue weighted by Crippen LogP contribution is -2.41. The summed E-state index contributed by atoms with van der Waals surface area (Å²) >= 11 is 1.61. The fourth-order valence-electron chi connectivity index (χ4n) is 3.07. The van der Waals surface area contributed by atoms with Gasteiger partial charge in [-0.2, -0.15) is 11.8 Å². The predicted molar refractivity (Wildman–Crippen MR) is 122 cm³/mol. The second kappa shape index (κ2) is 20.8. The molecule has 0 heterocycles. The molecule has 0 fully saturated rings. The number of carboxylic acids is 1. The van der Waals surface area contributed by atoms with Crippen LogP contribution in [-0.2, 0) is 9.59 Å². The molecule has 4 nitrogen and oxygen atoms in total. The normalized spacial score (nSPS) is 12.4. The van der Waals surface area contributed by atoms with Crippen LogP contribution in [0.25, 0.3) is 0 Å². The fraction of sp³-hybridized carbons (Fsp3) is 0.826. The van der Waals surface area contributed by atoms with E-state index < -0.39 is 12.0 Å². The number of carbonyl (C=O) groups excluding carboxylic acids is 1. The number of carboxylic acid groups (broad SMARTS) is 1. The van der Waals surface area contributed by atoms with Gasteiger partial charge >= 0.3 is 5.97 Å². The van der Waals surface area contributed by atoms with Crippen molar-refractivity contribution in [3.05, 3.63) is 12.2 Å². The van der Waals surface area contributed by atoms with Crippen molar-refractivity contribution < 1.29 is 14.7 Å². The molecular weight excluding hydrogens is 370 g/mol. The van der Waals surface area contributed by atoms with Crippen molar-refractivity contribution in [1.82, 2.24) is 5.32 Å². The van der Waals surface area contributed by atoms with E-state index in [4.69, 9.17) is 5.11 Å². The molecule has 0 saturated carbocycles. The summed E-state index contributed by atoms with van der Waals surface area (Å²) in [6.07, 6.45) is 22.9. The molecule has 0 saturated heterocycles. The van der Waals surface area contributed by atoms with Gasteiger partial charge in [0.15, 0.2) is 0 Å². The number of hydrogen-bond donors (Lipinski definition) is 2. The minimum atomic E-state index is -0.955. The molecule has 164 valence electrons. The van der Waals surface area contributed by atoms with Crippen molar-refractivity contribution >= 4 is 23.6 Å². The summed E-state index contributed by atoms with van der Waals surface area (Å²) in [6.45, 7) is 3.62. The van der Waals surface area contributed by atoms with Crippen molar-refractivity contribution in [2.24, 2.45) is 0 Å². The van der Waals surface area contributed by atoms with E-state index >= 15 is 0 Å². The smallest absolute Gasteiger partial charge is 0.327 e. The highest BCUT2D eigenvalue weighted by Gasteiger charge is 2.17. The highest BCUT2D eigenvalue weighted by molar-refractivity contribution is 7.99. The van der Waals surface area contributed by atoms with E-state index in [1.807, 2.05) is 0 Å². The van der Waals surface area contributed by atoms with Gasteiger partial charge in [-0.05, 0) is 37.9 Å². The molecule has 0 aromatic heterocycles. The van der Waals surface area contributed by atoms with Gasteiger partial charge in [-0.15, -0.1) is 0 Å². The van der Waals surface area contributed by atoms with E-state index in [0.717, 1.165) is 12.2 Å². The van der Waals surface area contributed by atoms with E-state index in [1.54, 1.807) is 11.8 Å². The van der Waals surface area contributed by atoms with Crippen LogP contribution in [0.15, 0.2) is 12.2 Å². The largest absolute Gasteiger partial charge is 0.480 e. The Hall–Kier alpha value is -0.970. The molecule has 0 aliphatic rings. The first-order valence-corrected chi connectivity index (χ1v) is 12.5. The number of unbranched alkanes of at least 4 members (excludes halogenated alkanes) is 12. The molecule has 2 N–H and O–H groups in total. The lowest BCUT2D eigenvalue weighted by atomic mass is 10.1. The molecule has 1 atom stereocenters. The first-order chi connectivity index (χ1) is 13.6. The van der Waals surface area contributed by atoms with Crippen LogP contribution >= 0.6 is 11.8 Å².